The van der Waals surface area contributed by atoms with E-state index in [9.17, 15) is 0 Å². The zero-order chi connectivity index (χ0) is 15.1. The first-order valence-corrected chi connectivity index (χ1v) is 10.2. The van der Waals surface area contributed by atoms with E-state index >= 15 is 0 Å². The van der Waals surface area contributed by atoms with Crippen LogP contribution in [0.25, 0.3) is 10.2 Å². The van der Waals surface area contributed by atoms with Crippen molar-refractivity contribution < 1.29 is 0 Å². The highest BCUT2D eigenvalue weighted by Gasteiger charge is 2.23. The molecule has 0 radical (unpaired) electrons. The van der Waals surface area contributed by atoms with E-state index in [1.165, 1.54) is 35.1 Å². The van der Waals surface area contributed by atoms with Crippen LogP contribution in [-0.4, -0.2) is 15.0 Å². The van der Waals surface area contributed by atoms with Gasteiger partial charge in [-0.25, -0.2) is 15.0 Å². The quantitative estimate of drug-likeness (QED) is 0.500. The van der Waals surface area contributed by atoms with Crippen LogP contribution < -0.4 is 0 Å². The summed E-state index contributed by atoms with van der Waals surface area (Å²) in [7, 11) is 0. The average molecular weight is 348 g/mol. The zero-order valence-corrected chi connectivity index (χ0v) is 15.1. The summed E-state index contributed by atoms with van der Waals surface area (Å²) in [6.07, 6.45) is 5.37. The number of rotatable bonds is 3. The molecule has 0 spiro atoms. The molecular formula is C16H17N3S3. The Labute approximate surface area is 142 Å². The lowest BCUT2D eigenvalue weighted by molar-refractivity contribution is 0.509. The van der Waals surface area contributed by atoms with E-state index in [4.69, 9.17) is 0 Å². The molecule has 1 aliphatic rings. The van der Waals surface area contributed by atoms with Crippen LogP contribution in [0.5, 0.6) is 0 Å². The molecule has 0 aliphatic heterocycles. The number of aromatic nitrogens is 3. The second-order valence-electron chi connectivity index (χ2n) is 5.86. The minimum Gasteiger partial charge on any atom is -0.246 e. The smallest absolute Gasteiger partial charge is 0.128 e. The van der Waals surface area contributed by atoms with E-state index in [1.54, 1.807) is 29.4 Å². The maximum atomic E-state index is 4.56. The van der Waals surface area contributed by atoms with Gasteiger partial charge in [0, 0.05) is 21.4 Å². The summed E-state index contributed by atoms with van der Waals surface area (Å²) < 4.78 is 0. The molecule has 22 heavy (non-hydrogen) atoms. The maximum Gasteiger partial charge on any atom is 0.128 e. The number of thioether (sulfide) groups is 1. The third-order valence-corrected chi connectivity index (χ3v) is 7.09. The number of hydrogen-bond acceptors (Lipinski definition) is 6. The second-order valence-corrected chi connectivity index (χ2v) is 8.97. The molecule has 0 saturated heterocycles. The minimum atomic E-state index is 0.794. The van der Waals surface area contributed by atoms with E-state index in [2.05, 4.69) is 34.2 Å². The van der Waals surface area contributed by atoms with E-state index in [-0.39, 0.29) is 0 Å². The Hall–Kier alpha value is -0.980. The van der Waals surface area contributed by atoms with Crippen LogP contribution in [0.1, 0.15) is 34.5 Å². The van der Waals surface area contributed by atoms with Gasteiger partial charge >= 0.3 is 0 Å². The number of hydrogen-bond donors (Lipinski definition) is 0. The molecule has 0 fully saturated rings. The summed E-state index contributed by atoms with van der Waals surface area (Å²) in [6.45, 7) is 4.40. The lowest BCUT2D eigenvalue weighted by Crippen LogP contribution is -2.08. The van der Waals surface area contributed by atoms with Gasteiger partial charge in [0.05, 0.1) is 10.7 Å². The van der Waals surface area contributed by atoms with Crippen LogP contribution in [0.15, 0.2) is 16.7 Å². The Morgan fingerprint density at radius 2 is 2.27 bits per heavy atom. The van der Waals surface area contributed by atoms with Gasteiger partial charge in [-0.3, -0.25) is 0 Å². The fourth-order valence-corrected chi connectivity index (χ4v) is 6.02. The number of nitrogens with zero attached hydrogens (tertiary/aromatic N) is 3. The van der Waals surface area contributed by atoms with Crippen LogP contribution in [0, 0.1) is 12.8 Å². The highest BCUT2D eigenvalue weighted by atomic mass is 32.2. The lowest BCUT2D eigenvalue weighted by atomic mass is 9.89. The van der Waals surface area contributed by atoms with Crippen molar-refractivity contribution in [1.82, 2.24) is 15.0 Å². The Morgan fingerprint density at radius 1 is 1.36 bits per heavy atom. The topological polar surface area (TPSA) is 38.7 Å². The van der Waals surface area contributed by atoms with Crippen LogP contribution >= 0.6 is 34.4 Å². The van der Waals surface area contributed by atoms with Crippen molar-refractivity contribution >= 4 is 44.7 Å². The molecule has 0 bridgehead atoms. The van der Waals surface area contributed by atoms with Gasteiger partial charge in [0.15, 0.2) is 0 Å². The summed E-state index contributed by atoms with van der Waals surface area (Å²) in [4.78, 5) is 16.3. The normalized spacial score (nSPS) is 17.8. The van der Waals surface area contributed by atoms with Gasteiger partial charge in [0.1, 0.15) is 16.2 Å². The largest absolute Gasteiger partial charge is 0.246 e. The van der Waals surface area contributed by atoms with E-state index < -0.39 is 0 Å². The lowest BCUT2D eigenvalue weighted by Gasteiger charge is -2.18. The van der Waals surface area contributed by atoms with Gasteiger partial charge in [-0.05, 0) is 37.7 Å². The molecule has 0 N–H and O–H groups in total. The molecule has 0 amide bonds. The zero-order valence-electron chi connectivity index (χ0n) is 12.6. The van der Waals surface area contributed by atoms with Crippen LogP contribution in [0.3, 0.4) is 0 Å². The third kappa shape index (κ3) is 2.68. The van der Waals surface area contributed by atoms with Gasteiger partial charge in [-0.2, -0.15) is 0 Å². The molecule has 1 atom stereocenters. The van der Waals surface area contributed by atoms with Crippen molar-refractivity contribution in [3.05, 3.63) is 32.8 Å². The maximum absolute atomic E-state index is 4.56. The van der Waals surface area contributed by atoms with Gasteiger partial charge in [-0.15, -0.1) is 22.7 Å². The van der Waals surface area contributed by atoms with Gasteiger partial charge < -0.3 is 0 Å². The van der Waals surface area contributed by atoms with Crippen LogP contribution in [0.4, 0.5) is 0 Å². The minimum absolute atomic E-state index is 0.794. The predicted molar refractivity (Wildman–Crippen MR) is 95.0 cm³/mol. The highest BCUT2D eigenvalue weighted by Crippen LogP contribution is 2.41. The SMILES string of the molecule is Cc1nc(CSc2ncnc3sc4c(c23)CC[C@H](C)C4)cs1. The molecule has 1 aliphatic carbocycles. The van der Waals surface area contributed by atoms with Gasteiger partial charge in [0.2, 0.25) is 0 Å². The highest BCUT2D eigenvalue weighted by molar-refractivity contribution is 7.98. The number of aryl methyl sites for hydroxylation is 2. The standard InChI is InChI=1S/C16H17N3S3/c1-9-3-4-12-13(5-9)22-16-14(12)15(17-8-18-16)21-7-11-6-20-10(2)19-11/h6,8-9H,3-5,7H2,1-2H3/t9-/m0/s1. The summed E-state index contributed by atoms with van der Waals surface area (Å²) in [6, 6.07) is 0. The Morgan fingerprint density at radius 3 is 3.09 bits per heavy atom. The Kier molecular flexibility index (Phi) is 3.92. The predicted octanol–water partition coefficient (Wildman–Crippen LogP) is 4.87. The molecule has 0 aromatic carbocycles. The third-order valence-electron chi connectivity index (χ3n) is 4.08. The van der Waals surface area contributed by atoms with E-state index in [0.29, 0.717) is 0 Å². The van der Waals surface area contributed by atoms with E-state index in [1.807, 2.05) is 11.3 Å². The fraction of sp³-hybridized carbons (Fsp3) is 0.438. The van der Waals surface area contributed by atoms with Crippen molar-refractivity contribution in [2.24, 2.45) is 5.92 Å². The molecule has 0 unspecified atom stereocenters. The molecule has 114 valence electrons. The summed E-state index contributed by atoms with van der Waals surface area (Å²) in [5.41, 5.74) is 2.66. The molecule has 3 nitrogen and oxygen atoms in total. The molecular weight excluding hydrogens is 330 g/mol. The first kappa shape index (κ1) is 14.6. The molecule has 3 heterocycles. The van der Waals surface area contributed by atoms with Crippen molar-refractivity contribution in [2.45, 2.75) is 43.9 Å². The summed E-state index contributed by atoms with van der Waals surface area (Å²) in [5, 5.41) is 5.71. The second kappa shape index (κ2) is 5.91. The summed E-state index contributed by atoms with van der Waals surface area (Å²) in [5.74, 6) is 1.68. The van der Waals surface area contributed by atoms with Crippen molar-refractivity contribution in [2.75, 3.05) is 0 Å². The number of thiophene rings is 1. The first-order valence-electron chi connectivity index (χ1n) is 7.49. The summed E-state index contributed by atoms with van der Waals surface area (Å²) >= 11 is 5.37. The number of fused-ring (bicyclic) bond motifs is 3. The first-order chi connectivity index (χ1) is 10.7. The van der Waals surface area contributed by atoms with Crippen LogP contribution in [0.2, 0.25) is 0 Å². The molecule has 4 rings (SSSR count). The molecule has 6 heteroatoms. The van der Waals surface area contributed by atoms with Crippen molar-refractivity contribution in [3.8, 4) is 0 Å². The average Bonchev–Trinajstić information content (AvgIpc) is 3.07. The van der Waals surface area contributed by atoms with Crippen molar-refractivity contribution in [1.29, 1.82) is 0 Å². The molecule has 3 aromatic heterocycles. The Balaban J connectivity index is 1.68. The number of thiazole rings is 1. The van der Waals surface area contributed by atoms with E-state index in [0.717, 1.165) is 32.2 Å². The van der Waals surface area contributed by atoms with Gasteiger partial charge in [-0.1, -0.05) is 18.7 Å². The van der Waals surface area contributed by atoms with Crippen LogP contribution in [-0.2, 0) is 18.6 Å². The van der Waals surface area contributed by atoms with Gasteiger partial charge in [0.25, 0.3) is 0 Å². The molecule has 3 aromatic rings. The monoisotopic (exact) mass is 347 g/mol. The van der Waals surface area contributed by atoms with Crippen molar-refractivity contribution in [3.63, 3.8) is 0 Å². The Bertz CT molecular complexity index is 821. The molecule has 0 saturated carbocycles. The fourth-order valence-electron chi connectivity index (χ4n) is 2.97.